The summed E-state index contributed by atoms with van der Waals surface area (Å²) in [7, 11) is 0. The van der Waals surface area contributed by atoms with Gasteiger partial charge in [0.05, 0.1) is 0 Å². The molecule has 1 aliphatic rings. The summed E-state index contributed by atoms with van der Waals surface area (Å²) in [5.41, 5.74) is 1.36. The average Bonchev–Trinajstić information content (AvgIpc) is 2.57. The van der Waals surface area contributed by atoms with Crippen LogP contribution in [-0.4, -0.2) is 0 Å². The zero-order valence-electron chi connectivity index (χ0n) is 8.06. The van der Waals surface area contributed by atoms with Gasteiger partial charge in [-0.25, -0.2) is 8.78 Å². The summed E-state index contributed by atoms with van der Waals surface area (Å²) in [5.74, 6) is -0.997. The molecule has 0 aromatic heterocycles. The van der Waals surface area contributed by atoms with Crippen LogP contribution in [0.1, 0.15) is 25.3 Å². The molecular weight excluding hydrogens is 182 g/mol. The highest BCUT2D eigenvalue weighted by atomic mass is 19.2. The molecule has 0 saturated heterocycles. The normalized spacial score (nSPS) is 21.1. The number of halogens is 2. The molecule has 74 valence electrons. The van der Waals surface area contributed by atoms with Gasteiger partial charge in [0.2, 0.25) is 0 Å². The van der Waals surface area contributed by atoms with Gasteiger partial charge in [-0.2, -0.15) is 0 Å². The van der Waals surface area contributed by atoms with Crippen LogP contribution in [0.2, 0.25) is 0 Å². The Morgan fingerprint density at radius 3 is 2.71 bits per heavy atom. The van der Waals surface area contributed by atoms with E-state index in [0.29, 0.717) is 11.5 Å². The van der Waals surface area contributed by atoms with Gasteiger partial charge in [-0.15, -0.1) is 0 Å². The van der Waals surface area contributed by atoms with Gasteiger partial charge in [0.1, 0.15) is 0 Å². The summed E-state index contributed by atoms with van der Waals surface area (Å²) >= 11 is 0. The summed E-state index contributed by atoms with van der Waals surface area (Å²) in [5, 5.41) is 0. The molecule has 0 radical (unpaired) electrons. The van der Waals surface area contributed by atoms with Gasteiger partial charge in [0, 0.05) is 5.56 Å². The van der Waals surface area contributed by atoms with Gasteiger partial charge < -0.3 is 0 Å². The highest BCUT2D eigenvalue weighted by molar-refractivity contribution is 5.68. The second-order valence-corrected chi connectivity index (χ2v) is 3.81. The molecule has 1 atom stereocenters. The fourth-order valence-corrected chi connectivity index (χ4v) is 1.87. The predicted molar refractivity (Wildman–Crippen MR) is 52.7 cm³/mol. The van der Waals surface area contributed by atoms with Crippen molar-refractivity contribution < 1.29 is 8.78 Å². The number of allylic oxidation sites excluding steroid dienone is 2. The summed E-state index contributed by atoms with van der Waals surface area (Å²) < 4.78 is 26.3. The molecule has 0 saturated carbocycles. The molecule has 1 aromatic carbocycles. The van der Waals surface area contributed by atoms with Crippen LogP contribution in [0.4, 0.5) is 8.78 Å². The van der Waals surface area contributed by atoms with E-state index in [1.165, 1.54) is 0 Å². The van der Waals surface area contributed by atoms with Crippen molar-refractivity contribution in [2.75, 3.05) is 0 Å². The number of hydrogen-bond donors (Lipinski definition) is 0. The summed E-state index contributed by atoms with van der Waals surface area (Å²) in [4.78, 5) is 0. The Bertz CT molecular complexity index is 380. The fourth-order valence-electron chi connectivity index (χ4n) is 1.87. The van der Waals surface area contributed by atoms with E-state index in [1.54, 1.807) is 12.1 Å². The van der Waals surface area contributed by atoms with Crippen molar-refractivity contribution in [2.24, 2.45) is 5.92 Å². The molecule has 0 heterocycles. The quantitative estimate of drug-likeness (QED) is 0.638. The molecule has 1 unspecified atom stereocenters. The monoisotopic (exact) mass is 194 g/mol. The maximum Gasteiger partial charge on any atom is 0.166 e. The smallest absolute Gasteiger partial charge is 0.166 e. The van der Waals surface area contributed by atoms with Crippen LogP contribution in [0.25, 0.3) is 5.57 Å². The second kappa shape index (κ2) is 3.52. The van der Waals surface area contributed by atoms with Gasteiger partial charge in [0.25, 0.3) is 0 Å². The van der Waals surface area contributed by atoms with E-state index in [-0.39, 0.29) is 0 Å². The first kappa shape index (κ1) is 9.38. The Morgan fingerprint density at radius 1 is 1.29 bits per heavy atom. The van der Waals surface area contributed by atoms with Crippen LogP contribution in [0.5, 0.6) is 0 Å². The van der Waals surface area contributed by atoms with E-state index >= 15 is 0 Å². The molecule has 2 heteroatoms. The zero-order valence-corrected chi connectivity index (χ0v) is 8.06. The lowest BCUT2D eigenvalue weighted by molar-refractivity contribution is 0.506. The highest BCUT2D eigenvalue weighted by Crippen LogP contribution is 2.32. The molecule has 0 amide bonds. The summed E-state index contributed by atoms with van der Waals surface area (Å²) in [6.45, 7) is 2.09. The predicted octanol–water partition coefficient (Wildman–Crippen LogP) is 3.78. The lowest BCUT2D eigenvalue weighted by Crippen LogP contribution is -1.91. The van der Waals surface area contributed by atoms with Gasteiger partial charge in [-0.05, 0) is 30.4 Å². The third kappa shape index (κ3) is 1.57. The van der Waals surface area contributed by atoms with Gasteiger partial charge in [0.15, 0.2) is 11.6 Å². The molecular formula is C12H12F2. The standard InChI is InChI=1S/C12H12F2/c1-8-5-6-9(7-8)10-3-2-4-11(13)12(10)14/h2-4,7-8H,5-6H2,1H3. The van der Waals surface area contributed by atoms with Crippen LogP contribution in [0.3, 0.4) is 0 Å². The summed E-state index contributed by atoms with van der Waals surface area (Å²) in [6.07, 6.45) is 3.91. The fraction of sp³-hybridized carbons (Fsp3) is 0.333. The Morgan fingerprint density at radius 2 is 2.07 bits per heavy atom. The first-order valence-corrected chi connectivity index (χ1v) is 4.83. The summed E-state index contributed by atoms with van der Waals surface area (Å²) in [6, 6.07) is 4.34. The third-order valence-electron chi connectivity index (χ3n) is 2.65. The lowest BCUT2D eigenvalue weighted by atomic mass is 10.0. The minimum absolute atomic E-state index is 0.425. The van der Waals surface area contributed by atoms with Crippen molar-refractivity contribution in [3.8, 4) is 0 Å². The highest BCUT2D eigenvalue weighted by Gasteiger charge is 2.17. The van der Waals surface area contributed by atoms with Crippen molar-refractivity contribution in [3.63, 3.8) is 0 Å². The average molecular weight is 194 g/mol. The Balaban J connectivity index is 2.42. The van der Waals surface area contributed by atoms with Crippen LogP contribution >= 0.6 is 0 Å². The van der Waals surface area contributed by atoms with Crippen molar-refractivity contribution in [1.29, 1.82) is 0 Å². The lowest BCUT2D eigenvalue weighted by Gasteiger charge is -2.03. The van der Waals surface area contributed by atoms with E-state index in [1.807, 2.05) is 6.08 Å². The SMILES string of the molecule is CC1C=C(c2cccc(F)c2F)CC1. The first-order valence-electron chi connectivity index (χ1n) is 4.83. The first-order chi connectivity index (χ1) is 6.68. The second-order valence-electron chi connectivity index (χ2n) is 3.81. The molecule has 1 aliphatic carbocycles. The van der Waals surface area contributed by atoms with E-state index in [9.17, 15) is 8.78 Å². The maximum absolute atomic E-state index is 13.4. The van der Waals surface area contributed by atoms with Gasteiger partial charge >= 0.3 is 0 Å². The third-order valence-corrected chi connectivity index (χ3v) is 2.65. The number of hydrogen-bond acceptors (Lipinski definition) is 0. The van der Waals surface area contributed by atoms with Crippen LogP contribution in [0.15, 0.2) is 24.3 Å². The van der Waals surface area contributed by atoms with Gasteiger partial charge in [-0.3, -0.25) is 0 Å². The van der Waals surface area contributed by atoms with E-state index < -0.39 is 11.6 Å². The number of benzene rings is 1. The van der Waals surface area contributed by atoms with Crippen molar-refractivity contribution >= 4 is 5.57 Å². The topological polar surface area (TPSA) is 0 Å². The van der Waals surface area contributed by atoms with Crippen LogP contribution in [-0.2, 0) is 0 Å². The van der Waals surface area contributed by atoms with Crippen molar-refractivity contribution in [3.05, 3.63) is 41.5 Å². The molecule has 14 heavy (non-hydrogen) atoms. The van der Waals surface area contributed by atoms with Crippen LogP contribution < -0.4 is 0 Å². The Hall–Kier alpha value is -1.18. The van der Waals surface area contributed by atoms with Crippen LogP contribution in [0, 0.1) is 17.6 Å². The molecule has 0 N–H and O–H groups in total. The molecule has 1 aromatic rings. The van der Waals surface area contributed by atoms with E-state index in [2.05, 4.69) is 6.92 Å². The molecule has 0 fully saturated rings. The largest absolute Gasteiger partial charge is 0.204 e. The zero-order chi connectivity index (χ0) is 10.1. The molecule has 2 rings (SSSR count). The Labute approximate surface area is 82.3 Å². The molecule has 0 nitrogen and oxygen atoms in total. The van der Waals surface area contributed by atoms with E-state index in [4.69, 9.17) is 0 Å². The minimum Gasteiger partial charge on any atom is -0.204 e. The maximum atomic E-state index is 13.4. The Kier molecular flexibility index (Phi) is 2.36. The van der Waals surface area contributed by atoms with Gasteiger partial charge in [-0.1, -0.05) is 25.1 Å². The molecule has 0 spiro atoms. The molecule has 0 aliphatic heterocycles. The number of rotatable bonds is 1. The van der Waals surface area contributed by atoms with Crippen molar-refractivity contribution in [1.82, 2.24) is 0 Å². The van der Waals surface area contributed by atoms with E-state index in [0.717, 1.165) is 24.5 Å². The molecule has 0 bridgehead atoms. The minimum atomic E-state index is -0.761. The van der Waals surface area contributed by atoms with Crippen molar-refractivity contribution in [2.45, 2.75) is 19.8 Å².